The molecular weight excluding hydrogens is 354 g/mol. The maximum absolute atomic E-state index is 13.6. The van der Waals surface area contributed by atoms with Crippen molar-refractivity contribution in [3.8, 4) is 0 Å². The summed E-state index contributed by atoms with van der Waals surface area (Å²) in [5, 5.41) is 7.64. The maximum Gasteiger partial charge on any atom is 0.260 e. The summed E-state index contributed by atoms with van der Waals surface area (Å²) in [6.07, 6.45) is 2.21. The first-order valence-electron chi connectivity index (χ1n) is 10.0. The van der Waals surface area contributed by atoms with E-state index in [-0.39, 0.29) is 24.0 Å². The zero-order chi connectivity index (χ0) is 19.0. The summed E-state index contributed by atoms with van der Waals surface area (Å²) < 4.78 is 34.2. The van der Waals surface area contributed by atoms with Gasteiger partial charge in [0.1, 0.15) is 11.9 Å². The quantitative estimate of drug-likeness (QED) is 0.870. The number of carbonyl (C=O) groups is 1. The third-order valence-electron chi connectivity index (χ3n) is 6.10. The molecule has 0 aromatic carbocycles. The molecule has 0 bridgehead atoms. The molecule has 0 aliphatic carbocycles. The number of likely N-dealkylation sites (tertiary alicyclic amines) is 1. The second kappa shape index (κ2) is 7.73. The number of anilines is 1. The molecular formula is C19H28F2N4O2. The lowest BCUT2D eigenvalue weighted by atomic mass is 9.85. The van der Waals surface area contributed by atoms with Crippen molar-refractivity contribution in [3.05, 3.63) is 11.8 Å². The van der Waals surface area contributed by atoms with Crippen molar-refractivity contribution in [2.45, 2.75) is 70.1 Å². The molecule has 3 aliphatic rings. The molecule has 4 rings (SSSR count). The lowest BCUT2D eigenvalue weighted by Crippen LogP contribution is -2.48. The standard InChI is InChI=1S/C19H28F2N4O2/c1-12-8-17-22-15(10-16(19(20)21)25(17)23-12)13-4-2-6-24(11-13)18(26)9-14-5-3-7-27-14/h8,13-16,19,22H,2-7,9-11H2,1H3/t13-,14-,15+,16-/m1/s1. The van der Waals surface area contributed by atoms with Crippen molar-refractivity contribution >= 4 is 11.7 Å². The Morgan fingerprint density at radius 3 is 3.00 bits per heavy atom. The molecule has 27 heavy (non-hydrogen) atoms. The number of nitrogens with zero attached hydrogens (tertiary/aromatic N) is 3. The highest BCUT2D eigenvalue weighted by Gasteiger charge is 2.39. The van der Waals surface area contributed by atoms with E-state index in [2.05, 4.69) is 10.4 Å². The van der Waals surface area contributed by atoms with Crippen LogP contribution in [0.2, 0.25) is 0 Å². The largest absolute Gasteiger partial charge is 0.378 e. The van der Waals surface area contributed by atoms with Crippen molar-refractivity contribution in [1.82, 2.24) is 14.7 Å². The van der Waals surface area contributed by atoms with Crippen LogP contribution in [-0.2, 0) is 9.53 Å². The fourth-order valence-electron chi connectivity index (χ4n) is 4.70. The summed E-state index contributed by atoms with van der Waals surface area (Å²) in [5.74, 6) is 0.975. The normalized spacial score (nSPS) is 31.0. The number of hydrogen-bond acceptors (Lipinski definition) is 4. The lowest BCUT2D eigenvalue weighted by Gasteiger charge is -2.41. The number of hydrogen-bond donors (Lipinski definition) is 1. The van der Waals surface area contributed by atoms with Crippen LogP contribution in [-0.4, -0.2) is 58.9 Å². The molecule has 1 aromatic heterocycles. The maximum atomic E-state index is 13.6. The number of carbonyl (C=O) groups excluding carboxylic acids is 1. The van der Waals surface area contributed by atoms with Crippen LogP contribution in [0.15, 0.2) is 6.07 Å². The third-order valence-corrected chi connectivity index (χ3v) is 6.10. The second-order valence-corrected chi connectivity index (χ2v) is 8.09. The average molecular weight is 382 g/mol. The molecule has 3 aliphatic heterocycles. The molecule has 8 heteroatoms. The summed E-state index contributed by atoms with van der Waals surface area (Å²) in [5.41, 5.74) is 0.737. The number of ether oxygens (including phenoxy) is 1. The first kappa shape index (κ1) is 18.7. The van der Waals surface area contributed by atoms with E-state index in [9.17, 15) is 13.6 Å². The van der Waals surface area contributed by atoms with Crippen LogP contribution in [0.1, 0.15) is 50.3 Å². The molecule has 2 saturated heterocycles. The Balaban J connectivity index is 1.42. The Kier molecular flexibility index (Phi) is 5.34. The van der Waals surface area contributed by atoms with E-state index < -0.39 is 12.5 Å². The molecule has 1 aromatic rings. The van der Waals surface area contributed by atoms with Gasteiger partial charge in [0.15, 0.2) is 0 Å². The molecule has 0 spiro atoms. The van der Waals surface area contributed by atoms with Crippen LogP contribution in [0.4, 0.5) is 14.6 Å². The second-order valence-electron chi connectivity index (χ2n) is 8.09. The van der Waals surface area contributed by atoms with Gasteiger partial charge >= 0.3 is 0 Å². The number of amides is 1. The fraction of sp³-hybridized carbons (Fsp3) is 0.789. The molecule has 150 valence electrons. The Bertz CT molecular complexity index is 675. The minimum atomic E-state index is -2.45. The summed E-state index contributed by atoms with van der Waals surface area (Å²) in [6.45, 7) is 3.95. The van der Waals surface area contributed by atoms with Gasteiger partial charge in [-0.15, -0.1) is 0 Å². The van der Waals surface area contributed by atoms with Gasteiger partial charge in [-0.2, -0.15) is 5.10 Å². The van der Waals surface area contributed by atoms with E-state index >= 15 is 0 Å². The van der Waals surface area contributed by atoms with Crippen LogP contribution in [0.3, 0.4) is 0 Å². The number of nitrogens with one attached hydrogen (secondary N) is 1. The van der Waals surface area contributed by atoms with Crippen LogP contribution < -0.4 is 5.32 Å². The predicted octanol–water partition coefficient (Wildman–Crippen LogP) is 2.99. The van der Waals surface area contributed by atoms with Crippen LogP contribution >= 0.6 is 0 Å². The zero-order valence-electron chi connectivity index (χ0n) is 15.7. The number of aryl methyl sites for hydroxylation is 1. The molecule has 0 unspecified atom stereocenters. The van der Waals surface area contributed by atoms with Gasteiger partial charge in [0.25, 0.3) is 6.43 Å². The van der Waals surface area contributed by atoms with Crippen molar-refractivity contribution in [2.75, 3.05) is 25.0 Å². The van der Waals surface area contributed by atoms with Crippen molar-refractivity contribution < 1.29 is 18.3 Å². The minimum absolute atomic E-state index is 0.0474. The van der Waals surface area contributed by atoms with E-state index in [1.165, 1.54) is 4.68 Å². The molecule has 1 N–H and O–H groups in total. The topological polar surface area (TPSA) is 59.4 Å². The summed E-state index contributed by atoms with van der Waals surface area (Å²) in [4.78, 5) is 14.6. The molecule has 0 radical (unpaired) electrons. The van der Waals surface area contributed by atoms with Gasteiger partial charge < -0.3 is 15.0 Å². The average Bonchev–Trinajstić information content (AvgIpc) is 3.29. The van der Waals surface area contributed by atoms with Crippen molar-refractivity contribution in [3.63, 3.8) is 0 Å². The van der Waals surface area contributed by atoms with Crippen molar-refractivity contribution in [2.24, 2.45) is 5.92 Å². The van der Waals surface area contributed by atoms with Gasteiger partial charge in [0.2, 0.25) is 5.91 Å². The van der Waals surface area contributed by atoms with E-state index in [0.29, 0.717) is 25.2 Å². The molecule has 4 atom stereocenters. The first-order valence-corrected chi connectivity index (χ1v) is 10.0. The summed E-state index contributed by atoms with van der Waals surface area (Å²) >= 11 is 0. The molecule has 1 amide bonds. The van der Waals surface area contributed by atoms with E-state index in [1.54, 1.807) is 0 Å². The highest BCUT2D eigenvalue weighted by Crippen LogP contribution is 2.36. The van der Waals surface area contributed by atoms with Gasteiger partial charge in [0, 0.05) is 31.8 Å². The highest BCUT2D eigenvalue weighted by molar-refractivity contribution is 5.76. The number of aromatic nitrogens is 2. The fourth-order valence-corrected chi connectivity index (χ4v) is 4.70. The number of alkyl halides is 2. The number of piperidine rings is 1. The van der Waals surface area contributed by atoms with Gasteiger partial charge in [-0.3, -0.25) is 4.79 Å². The number of halogens is 2. The Morgan fingerprint density at radius 2 is 2.26 bits per heavy atom. The van der Waals surface area contributed by atoms with Crippen LogP contribution in [0.25, 0.3) is 0 Å². The number of rotatable bonds is 4. The summed E-state index contributed by atoms with van der Waals surface area (Å²) in [6, 6.07) is 0.855. The van der Waals surface area contributed by atoms with Crippen LogP contribution in [0.5, 0.6) is 0 Å². The Hall–Kier alpha value is -1.70. The molecule has 0 saturated carbocycles. The van der Waals surface area contributed by atoms with Crippen molar-refractivity contribution in [1.29, 1.82) is 0 Å². The molecule has 6 nitrogen and oxygen atoms in total. The smallest absolute Gasteiger partial charge is 0.260 e. The SMILES string of the molecule is Cc1cc2n(n1)[C@@H](C(F)F)C[C@@H]([C@@H]1CCCN(C(=O)C[C@H]3CCCO3)C1)N2. The first-order chi connectivity index (χ1) is 13.0. The predicted molar refractivity (Wildman–Crippen MR) is 96.9 cm³/mol. The van der Waals surface area contributed by atoms with E-state index in [0.717, 1.165) is 44.5 Å². The third kappa shape index (κ3) is 3.95. The van der Waals surface area contributed by atoms with E-state index in [1.807, 2.05) is 17.9 Å². The van der Waals surface area contributed by atoms with E-state index in [4.69, 9.17) is 4.74 Å². The van der Waals surface area contributed by atoms with Gasteiger partial charge in [0.05, 0.1) is 18.2 Å². The lowest BCUT2D eigenvalue weighted by molar-refractivity contribution is -0.135. The van der Waals surface area contributed by atoms with Gasteiger partial charge in [-0.25, -0.2) is 13.5 Å². The highest BCUT2D eigenvalue weighted by atomic mass is 19.3. The van der Waals surface area contributed by atoms with Gasteiger partial charge in [-0.05, 0) is 44.9 Å². The minimum Gasteiger partial charge on any atom is -0.378 e. The monoisotopic (exact) mass is 382 g/mol. The Morgan fingerprint density at radius 1 is 1.41 bits per heavy atom. The zero-order valence-corrected chi connectivity index (χ0v) is 15.7. The Labute approximate surface area is 158 Å². The molecule has 4 heterocycles. The number of fused-ring (bicyclic) bond motifs is 1. The van der Waals surface area contributed by atoms with Crippen LogP contribution in [0, 0.1) is 12.8 Å². The van der Waals surface area contributed by atoms with Gasteiger partial charge in [-0.1, -0.05) is 0 Å². The molecule has 2 fully saturated rings. The summed E-state index contributed by atoms with van der Waals surface area (Å²) in [7, 11) is 0.